The Morgan fingerprint density at radius 2 is 1.75 bits per heavy atom. The molecule has 0 unspecified atom stereocenters. The highest BCUT2D eigenvalue weighted by atomic mass is 19.1. The number of nitrogens with one attached hydrogen (secondary N) is 2. The van der Waals surface area contributed by atoms with Gasteiger partial charge in [0.25, 0.3) is 0 Å². The largest absolute Gasteiger partial charge is 0.338 e. The molecule has 1 aromatic carbocycles. The normalized spacial score (nSPS) is 11.5. The molecular formula is C27H33F2N7. The number of benzene rings is 1. The molecule has 0 aliphatic carbocycles. The number of rotatable bonds is 2. The van der Waals surface area contributed by atoms with Gasteiger partial charge in [-0.15, -0.1) is 0 Å². The number of fused-ring (bicyclic) bond motifs is 3. The lowest BCUT2D eigenvalue weighted by Gasteiger charge is -2.12. The van der Waals surface area contributed by atoms with Gasteiger partial charge in [-0.25, -0.2) is 13.8 Å². The highest BCUT2D eigenvalue weighted by Gasteiger charge is 2.24. The van der Waals surface area contributed by atoms with E-state index in [0.29, 0.717) is 28.5 Å². The predicted molar refractivity (Wildman–Crippen MR) is 144 cm³/mol. The number of aromatic amines is 1. The number of hydrogen-bond donors (Lipinski definition) is 2. The van der Waals surface area contributed by atoms with Crippen LogP contribution in [0, 0.1) is 36.8 Å². The van der Waals surface area contributed by atoms with Gasteiger partial charge in [-0.2, -0.15) is 10.4 Å². The van der Waals surface area contributed by atoms with Gasteiger partial charge in [-0.05, 0) is 45.0 Å². The van der Waals surface area contributed by atoms with Crippen LogP contribution in [-0.2, 0) is 0 Å². The maximum atomic E-state index is 14.2. The van der Waals surface area contributed by atoms with Crippen molar-refractivity contribution in [3.05, 3.63) is 71.2 Å². The van der Waals surface area contributed by atoms with Crippen molar-refractivity contribution in [1.29, 1.82) is 5.26 Å². The molecule has 7 nitrogen and oxygen atoms in total. The van der Waals surface area contributed by atoms with Gasteiger partial charge in [0.15, 0.2) is 0 Å². The van der Waals surface area contributed by atoms with Crippen molar-refractivity contribution < 1.29 is 8.78 Å². The van der Waals surface area contributed by atoms with Crippen LogP contribution in [0.4, 0.5) is 20.2 Å². The number of allylic oxidation sites excluding steroid dienone is 2. The van der Waals surface area contributed by atoms with Gasteiger partial charge in [0.2, 0.25) is 0 Å². The van der Waals surface area contributed by atoms with Crippen molar-refractivity contribution in [2.24, 2.45) is 9.98 Å². The Balaban J connectivity index is 0.000000461. The van der Waals surface area contributed by atoms with Crippen molar-refractivity contribution in [3.8, 4) is 17.3 Å². The summed E-state index contributed by atoms with van der Waals surface area (Å²) in [5.74, 6) is -1.29. The first-order valence-corrected chi connectivity index (χ1v) is 11.7. The van der Waals surface area contributed by atoms with Crippen molar-refractivity contribution in [1.82, 2.24) is 15.2 Å². The molecule has 0 spiro atoms. The van der Waals surface area contributed by atoms with E-state index in [-0.39, 0.29) is 11.4 Å². The summed E-state index contributed by atoms with van der Waals surface area (Å²) in [5.41, 5.74) is 4.30. The van der Waals surface area contributed by atoms with Crippen LogP contribution in [0.2, 0.25) is 0 Å². The van der Waals surface area contributed by atoms with E-state index >= 15 is 0 Å². The number of amidine groups is 1. The minimum Gasteiger partial charge on any atom is -0.338 e. The smallest absolute Gasteiger partial charge is 0.144 e. The van der Waals surface area contributed by atoms with Crippen LogP contribution < -0.4 is 5.32 Å². The minimum atomic E-state index is -0.688. The molecule has 36 heavy (non-hydrogen) atoms. The lowest BCUT2D eigenvalue weighted by Crippen LogP contribution is -2.17. The molecule has 0 bridgehead atoms. The third-order valence-corrected chi connectivity index (χ3v) is 4.57. The number of aryl methyl sites for hydroxylation is 2. The molecule has 9 heteroatoms. The van der Waals surface area contributed by atoms with Gasteiger partial charge >= 0.3 is 0 Å². The fraction of sp³-hybridized carbons (Fsp3) is 0.296. The van der Waals surface area contributed by atoms with Gasteiger partial charge in [-0.3, -0.25) is 15.1 Å². The highest BCUT2D eigenvalue weighted by Crippen LogP contribution is 2.38. The topological polar surface area (TPSA) is 102 Å². The van der Waals surface area contributed by atoms with Gasteiger partial charge in [0.1, 0.15) is 40.6 Å². The molecule has 1 aliphatic heterocycles. The molecule has 0 saturated carbocycles. The Labute approximate surface area is 211 Å². The van der Waals surface area contributed by atoms with E-state index in [1.165, 1.54) is 18.2 Å². The standard InChI is InChI=1S/C17H13F2N5.C6H8N2.2C2H6/c1-8-6-10-13(7-20-8)21-17(14-11(18)4-3-5-12(14)19)22-15-9(2)23-24-16(10)15;1-3-4-6(5-7)8-2;2*1-2/h3-7H,1-2H3,(H,21,22)(H,23,24);3-4H,1-2H3;2*1-2H3/b;4-3-,8-6?;;. The molecule has 3 aromatic rings. The molecule has 0 amide bonds. The fourth-order valence-electron chi connectivity index (χ4n) is 3.03. The molecule has 1 aliphatic rings. The summed E-state index contributed by atoms with van der Waals surface area (Å²) >= 11 is 0. The third-order valence-electron chi connectivity index (χ3n) is 4.57. The second kappa shape index (κ2) is 14.9. The lowest BCUT2D eigenvalue weighted by molar-refractivity contribution is 0.579. The van der Waals surface area contributed by atoms with E-state index in [4.69, 9.17) is 5.26 Å². The predicted octanol–water partition coefficient (Wildman–Crippen LogP) is 7.08. The van der Waals surface area contributed by atoms with E-state index in [1.54, 1.807) is 25.4 Å². The average Bonchev–Trinajstić information content (AvgIpc) is 3.17. The number of nitriles is 1. The summed E-state index contributed by atoms with van der Waals surface area (Å²) in [6.07, 6.45) is 5.06. The third kappa shape index (κ3) is 7.15. The first kappa shape index (κ1) is 29.8. The number of H-pyrrole nitrogens is 1. The molecule has 2 aromatic heterocycles. The van der Waals surface area contributed by atoms with E-state index in [1.807, 2.05) is 60.6 Å². The minimum absolute atomic E-state index is 0.0840. The SMILES string of the molecule is C/C=C\C(C#N)=NC.CC.CC.Cc1cc2c(cn1)NC(c1c(F)cccc1F)=Nc1c-2n[nH]c1C. The van der Waals surface area contributed by atoms with Gasteiger partial charge in [0, 0.05) is 18.3 Å². The Morgan fingerprint density at radius 1 is 1.11 bits per heavy atom. The maximum Gasteiger partial charge on any atom is 0.144 e. The second-order valence-corrected chi connectivity index (χ2v) is 6.82. The summed E-state index contributed by atoms with van der Waals surface area (Å²) < 4.78 is 28.4. The molecule has 0 atom stereocenters. The Morgan fingerprint density at radius 3 is 2.28 bits per heavy atom. The van der Waals surface area contributed by atoms with Crippen LogP contribution in [0.15, 0.2) is 52.6 Å². The van der Waals surface area contributed by atoms with Crippen LogP contribution in [0.3, 0.4) is 0 Å². The van der Waals surface area contributed by atoms with Crippen LogP contribution >= 0.6 is 0 Å². The van der Waals surface area contributed by atoms with Crippen LogP contribution in [0.1, 0.15) is 51.6 Å². The van der Waals surface area contributed by atoms with E-state index in [2.05, 4.69) is 30.5 Å². The zero-order valence-electron chi connectivity index (χ0n) is 22.0. The number of nitrogens with zero attached hydrogens (tertiary/aromatic N) is 5. The number of aromatic nitrogens is 3. The van der Waals surface area contributed by atoms with Gasteiger partial charge in [0.05, 0.1) is 23.1 Å². The van der Waals surface area contributed by atoms with Gasteiger partial charge in [-0.1, -0.05) is 39.8 Å². The molecule has 0 fully saturated rings. The molecule has 2 N–H and O–H groups in total. The molecule has 4 rings (SSSR count). The Hall–Kier alpha value is -4.19. The number of halogens is 2. The summed E-state index contributed by atoms with van der Waals surface area (Å²) in [5, 5.41) is 18.4. The average molecular weight is 494 g/mol. The zero-order valence-corrected chi connectivity index (χ0v) is 22.0. The van der Waals surface area contributed by atoms with Crippen LogP contribution in [0.5, 0.6) is 0 Å². The second-order valence-electron chi connectivity index (χ2n) is 6.82. The monoisotopic (exact) mass is 493 g/mol. The molecule has 3 heterocycles. The first-order chi connectivity index (χ1) is 17.4. The van der Waals surface area contributed by atoms with Crippen LogP contribution in [-0.4, -0.2) is 33.8 Å². The summed E-state index contributed by atoms with van der Waals surface area (Å²) in [6, 6.07) is 7.49. The van der Waals surface area contributed by atoms with E-state index in [9.17, 15) is 8.78 Å². The van der Waals surface area contributed by atoms with Crippen LogP contribution in [0.25, 0.3) is 11.3 Å². The Kier molecular flexibility index (Phi) is 12.4. The lowest BCUT2D eigenvalue weighted by atomic mass is 10.1. The summed E-state index contributed by atoms with van der Waals surface area (Å²) in [4.78, 5) is 12.3. The molecule has 190 valence electrons. The first-order valence-electron chi connectivity index (χ1n) is 11.7. The van der Waals surface area contributed by atoms with Gasteiger partial charge < -0.3 is 5.32 Å². The van der Waals surface area contributed by atoms with E-state index in [0.717, 1.165) is 11.3 Å². The van der Waals surface area contributed by atoms with Crippen molar-refractivity contribution in [3.63, 3.8) is 0 Å². The Bertz CT molecular complexity index is 1260. The van der Waals surface area contributed by atoms with Crippen molar-refractivity contribution >= 4 is 22.9 Å². The van der Waals surface area contributed by atoms with Crippen molar-refractivity contribution in [2.75, 3.05) is 12.4 Å². The number of pyridine rings is 1. The highest BCUT2D eigenvalue weighted by molar-refractivity contribution is 6.13. The quantitative estimate of drug-likeness (QED) is 0.372. The number of anilines is 1. The summed E-state index contributed by atoms with van der Waals surface area (Å²) in [7, 11) is 1.60. The maximum absolute atomic E-state index is 14.2. The number of aliphatic imine (C=N–C) groups is 2. The molecule has 0 radical (unpaired) electrons. The summed E-state index contributed by atoms with van der Waals surface area (Å²) in [6.45, 7) is 13.5. The molecule has 0 saturated heterocycles. The van der Waals surface area contributed by atoms with Crippen molar-refractivity contribution in [2.45, 2.75) is 48.5 Å². The number of hydrogen-bond acceptors (Lipinski definition) is 6. The molecular weight excluding hydrogens is 460 g/mol. The fourth-order valence-corrected chi connectivity index (χ4v) is 3.03. The zero-order chi connectivity index (χ0) is 27.3. The van der Waals surface area contributed by atoms with E-state index < -0.39 is 11.6 Å².